The molecule has 3 atom stereocenters. The molecule has 0 radical (unpaired) electrons. The molecule has 0 aliphatic heterocycles. The predicted octanol–water partition coefficient (Wildman–Crippen LogP) is 3.15. The van der Waals surface area contributed by atoms with Gasteiger partial charge in [-0.25, -0.2) is 0 Å². The van der Waals surface area contributed by atoms with Crippen molar-refractivity contribution in [1.29, 1.82) is 0 Å². The number of hydrogen-bond acceptors (Lipinski definition) is 2. The summed E-state index contributed by atoms with van der Waals surface area (Å²) in [6.45, 7) is 2.33. The molecule has 2 heteroatoms. The van der Waals surface area contributed by atoms with Crippen LogP contribution in [0.3, 0.4) is 0 Å². The van der Waals surface area contributed by atoms with E-state index in [0.717, 1.165) is 17.4 Å². The largest absolute Gasteiger partial charge is 0.313 e. The van der Waals surface area contributed by atoms with Crippen LogP contribution in [0.4, 0.5) is 0 Å². The molecule has 1 N–H and O–H groups in total. The van der Waals surface area contributed by atoms with Crippen LogP contribution in [0.25, 0.3) is 10.9 Å². The molecule has 17 heavy (non-hydrogen) atoms. The van der Waals surface area contributed by atoms with Crippen LogP contribution in [-0.2, 0) is 0 Å². The molecule has 0 spiro atoms. The zero-order valence-corrected chi connectivity index (χ0v) is 10.4. The minimum Gasteiger partial charge on any atom is -0.313 e. The Labute approximate surface area is 102 Å². The summed E-state index contributed by atoms with van der Waals surface area (Å²) in [5.41, 5.74) is 2.49. The molecule has 1 aliphatic rings. The van der Waals surface area contributed by atoms with E-state index in [2.05, 4.69) is 48.5 Å². The second kappa shape index (κ2) is 4.11. The first-order chi connectivity index (χ1) is 8.31. The smallest absolute Gasteiger partial charge is 0.0705 e. The molecule has 1 aromatic heterocycles. The maximum atomic E-state index is 4.43. The van der Waals surface area contributed by atoms with Gasteiger partial charge in [-0.15, -0.1) is 0 Å². The fraction of sp³-hybridized carbons (Fsp3) is 0.400. The summed E-state index contributed by atoms with van der Waals surface area (Å²) in [5, 5.41) is 4.76. The maximum absolute atomic E-state index is 4.43. The Kier molecular flexibility index (Phi) is 2.60. The number of hydrogen-bond donors (Lipinski definition) is 1. The van der Waals surface area contributed by atoms with E-state index < -0.39 is 0 Å². The lowest BCUT2D eigenvalue weighted by molar-refractivity contribution is 0.507. The topological polar surface area (TPSA) is 24.9 Å². The van der Waals surface area contributed by atoms with Gasteiger partial charge >= 0.3 is 0 Å². The fourth-order valence-electron chi connectivity index (χ4n) is 2.81. The van der Waals surface area contributed by atoms with Crippen LogP contribution in [0.15, 0.2) is 36.5 Å². The molecule has 1 aromatic carbocycles. The van der Waals surface area contributed by atoms with Gasteiger partial charge in [-0.05, 0) is 43.0 Å². The van der Waals surface area contributed by atoms with Crippen molar-refractivity contribution in [3.05, 3.63) is 42.1 Å². The molecular formula is C15H18N2. The lowest BCUT2D eigenvalue weighted by atomic mass is 9.97. The highest BCUT2D eigenvalue weighted by Crippen LogP contribution is 2.47. The van der Waals surface area contributed by atoms with Gasteiger partial charge in [-0.3, -0.25) is 4.98 Å². The minimum absolute atomic E-state index is 0.470. The molecule has 1 aliphatic carbocycles. The summed E-state index contributed by atoms with van der Waals surface area (Å²) in [4.78, 5) is 4.43. The molecule has 0 saturated heterocycles. The van der Waals surface area contributed by atoms with Crippen molar-refractivity contribution in [2.75, 3.05) is 7.05 Å². The number of nitrogens with zero attached hydrogens (tertiary/aromatic N) is 1. The second-order valence-electron chi connectivity index (χ2n) is 5.06. The Morgan fingerprint density at radius 1 is 1.29 bits per heavy atom. The Balaban J connectivity index is 2.09. The van der Waals surface area contributed by atoms with Crippen LogP contribution in [0.2, 0.25) is 0 Å². The highest BCUT2D eigenvalue weighted by molar-refractivity contribution is 5.82. The molecule has 3 rings (SSSR count). The van der Waals surface area contributed by atoms with Gasteiger partial charge in [0.25, 0.3) is 0 Å². The van der Waals surface area contributed by atoms with Crippen molar-refractivity contribution >= 4 is 10.9 Å². The van der Waals surface area contributed by atoms with E-state index in [1.165, 1.54) is 17.4 Å². The summed E-state index contributed by atoms with van der Waals surface area (Å²) >= 11 is 0. The molecule has 2 aromatic rings. The normalized spacial score (nSPS) is 24.8. The number of nitrogens with one attached hydrogen (secondary N) is 1. The third-order valence-corrected chi connectivity index (χ3v) is 3.93. The summed E-state index contributed by atoms with van der Waals surface area (Å²) in [6, 6.07) is 11.1. The van der Waals surface area contributed by atoms with E-state index in [9.17, 15) is 0 Å². The number of aromatic nitrogens is 1. The van der Waals surface area contributed by atoms with E-state index in [-0.39, 0.29) is 0 Å². The fourth-order valence-corrected chi connectivity index (χ4v) is 2.81. The quantitative estimate of drug-likeness (QED) is 0.869. The van der Waals surface area contributed by atoms with E-state index in [4.69, 9.17) is 0 Å². The highest BCUT2D eigenvalue weighted by atomic mass is 14.9. The van der Waals surface area contributed by atoms with Gasteiger partial charge < -0.3 is 5.32 Å². The molecule has 3 unspecified atom stereocenters. The third kappa shape index (κ3) is 1.83. The van der Waals surface area contributed by atoms with Crippen LogP contribution in [0.5, 0.6) is 0 Å². The monoisotopic (exact) mass is 226 g/mol. The number of fused-ring (bicyclic) bond motifs is 1. The Bertz CT molecular complexity index is 530. The zero-order valence-electron chi connectivity index (χ0n) is 10.4. The van der Waals surface area contributed by atoms with Gasteiger partial charge in [0.2, 0.25) is 0 Å². The summed E-state index contributed by atoms with van der Waals surface area (Å²) in [7, 11) is 2.06. The lowest BCUT2D eigenvalue weighted by Gasteiger charge is -2.18. The summed E-state index contributed by atoms with van der Waals surface area (Å²) in [6.07, 6.45) is 3.20. The standard InChI is InChI=1S/C15H18N2/c1-10-9-13(10)15(16-2)12-5-3-7-14-11(12)6-4-8-17-14/h3-8,10,13,15-16H,9H2,1-2H3. The molecule has 0 amide bonds. The molecule has 2 nitrogen and oxygen atoms in total. The van der Waals surface area contributed by atoms with Crippen molar-refractivity contribution in [3.8, 4) is 0 Å². The molecule has 1 heterocycles. The van der Waals surface area contributed by atoms with E-state index in [1.807, 2.05) is 12.3 Å². The van der Waals surface area contributed by atoms with Gasteiger partial charge in [0, 0.05) is 17.6 Å². The van der Waals surface area contributed by atoms with Crippen molar-refractivity contribution in [2.45, 2.75) is 19.4 Å². The van der Waals surface area contributed by atoms with Gasteiger partial charge in [0.15, 0.2) is 0 Å². The first-order valence-corrected chi connectivity index (χ1v) is 6.32. The number of pyridine rings is 1. The predicted molar refractivity (Wildman–Crippen MR) is 70.8 cm³/mol. The van der Waals surface area contributed by atoms with Crippen LogP contribution in [0, 0.1) is 11.8 Å². The maximum Gasteiger partial charge on any atom is 0.0705 e. The van der Waals surface area contributed by atoms with Crippen molar-refractivity contribution in [2.24, 2.45) is 11.8 Å². The van der Waals surface area contributed by atoms with Crippen molar-refractivity contribution in [1.82, 2.24) is 10.3 Å². The first-order valence-electron chi connectivity index (χ1n) is 6.32. The van der Waals surface area contributed by atoms with Crippen molar-refractivity contribution < 1.29 is 0 Å². The minimum atomic E-state index is 0.470. The van der Waals surface area contributed by atoms with Gasteiger partial charge in [0.05, 0.1) is 5.52 Å². The second-order valence-corrected chi connectivity index (χ2v) is 5.06. The third-order valence-electron chi connectivity index (χ3n) is 3.93. The number of rotatable bonds is 3. The SMILES string of the molecule is CNC(c1cccc2ncccc12)C1CC1C. The highest BCUT2D eigenvalue weighted by Gasteiger charge is 2.39. The summed E-state index contributed by atoms with van der Waals surface area (Å²) in [5.74, 6) is 1.63. The number of benzene rings is 1. The molecule has 0 bridgehead atoms. The molecular weight excluding hydrogens is 208 g/mol. The molecule has 1 fully saturated rings. The van der Waals surface area contributed by atoms with Crippen molar-refractivity contribution in [3.63, 3.8) is 0 Å². The Morgan fingerprint density at radius 3 is 2.82 bits per heavy atom. The van der Waals surface area contributed by atoms with Gasteiger partial charge in [-0.2, -0.15) is 0 Å². The van der Waals surface area contributed by atoms with E-state index >= 15 is 0 Å². The van der Waals surface area contributed by atoms with Crippen LogP contribution in [-0.4, -0.2) is 12.0 Å². The van der Waals surface area contributed by atoms with Crippen LogP contribution >= 0.6 is 0 Å². The molecule has 1 saturated carbocycles. The van der Waals surface area contributed by atoms with E-state index in [0.29, 0.717) is 6.04 Å². The average Bonchev–Trinajstić information content (AvgIpc) is 3.08. The van der Waals surface area contributed by atoms with Crippen LogP contribution < -0.4 is 5.32 Å². The van der Waals surface area contributed by atoms with Gasteiger partial charge in [-0.1, -0.05) is 25.1 Å². The Morgan fingerprint density at radius 2 is 2.12 bits per heavy atom. The van der Waals surface area contributed by atoms with Gasteiger partial charge in [0.1, 0.15) is 0 Å². The average molecular weight is 226 g/mol. The lowest BCUT2D eigenvalue weighted by Crippen LogP contribution is -2.19. The zero-order chi connectivity index (χ0) is 11.8. The molecule has 88 valence electrons. The Hall–Kier alpha value is -1.41. The van der Waals surface area contributed by atoms with Crippen LogP contribution in [0.1, 0.15) is 24.9 Å². The summed E-state index contributed by atoms with van der Waals surface area (Å²) < 4.78 is 0. The first kappa shape index (κ1) is 10.7. The van der Waals surface area contributed by atoms with E-state index in [1.54, 1.807) is 0 Å².